The minimum Gasteiger partial charge on any atom is -0.463 e. The molecular formula is C11H10N2O. The van der Waals surface area contributed by atoms with E-state index in [9.17, 15) is 0 Å². The van der Waals surface area contributed by atoms with Gasteiger partial charge in [0.15, 0.2) is 0 Å². The van der Waals surface area contributed by atoms with Crippen molar-refractivity contribution in [1.29, 1.82) is 10.5 Å². The highest BCUT2D eigenvalue weighted by Crippen LogP contribution is 2.23. The predicted molar refractivity (Wildman–Crippen MR) is 51.9 cm³/mol. The molecule has 0 fully saturated rings. The van der Waals surface area contributed by atoms with Crippen molar-refractivity contribution in [3.05, 3.63) is 29.2 Å². The fourth-order valence-corrected chi connectivity index (χ4v) is 1.14. The van der Waals surface area contributed by atoms with Crippen LogP contribution in [-0.2, 0) is 0 Å². The van der Waals surface area contributed by atoms with E-state index in [4.69, 9.17) is 14.9 Å². The summed E-state index contributed by atoms with van der Waals surface area (Å²) in [6.07, 6.45) is 1.70. The smallest absolute Gasteiger partial charge is 0.132 e. The van der Waals surface area contributed by atoms with Crippen molar-refractivity contribution in [2.24, 2.45) is 0 Å². The summed E-state index contributed by atoms with van der Waals surface area (Å²) < 4.78 is 5.20. The van der Waals surface area contributed by atoms with Crippen LogP contribution in [0.5, 0.6) is 0 Å². The first-order chi connectivity index (χ1) is 6.69. The SMILES string of the molecule is CC(C)=C(CC#N)c1cc(C#N)co1. The molecule has 0 spiro atoms. The second-order valence-corrected chi connectivity index (χ2v) is 3.12. The highest BCUT2D eigenvalue weighted by atomic mass is 16.3. The number of nitrogens with zero attached hydrogens (tertiary/aromatic N) is 2. The molecule has 0 saturated carbocycles. The van der Waals surface area contributed by atoms with Crippen LogP contribution in [0.3, 0.4) is 0 Å². The van der Waals surface area contributed by atoms with Crippen molar-refractivity contribution in [2.45, 2.75) is 20.3 Å². The average molecular weight is 186 g/mol. The molecule has 0 unspecified atom stereocenters. The molecule has 1 rings (SSSR count). The zero-order valence-corrected chi connectivity index (χ0v) is 8.16. The van der Waals surface area contributed by atoms with Gasteiger partial charge in [-0.25, -0.2) is 0 Å². The number of allylic oxidation sites excluding steroid dienone is 2. The third-order valence-corrected chi connectivity index (χ3v) is 1.89. The summed E-state index contributed by atoms with van der Waals surface area (Å²) >= 11 is 0. The third kappa shape index (κ3) is 2.02. The molecule has 0 amide bonds. The van der Waals surface area contributed by atoms with Gasteiger partial charge in [0.25, 0.3) is 0 Å². The van der Waals surface area contributed by atoms with E-state index >= 15 is 0 Å². The van der Waals surface area contributed by atoms with Crippen LogP contribution >= 0.6 is 0 Å². The summed E-state index contributed by atoms with van der Waals surface area (Å²) in [5.41, 5.74) is 2.37. The van der Waals surface area contributed by atoms with Gasteiger partial charge in [0, 0.05) is 11.6 Å². The van der Waals surface area contributed by atoms with Gasteiger partial charge in [-0.05, 0) is 13.8 Å². The molecular weight excluding hydrogens is 176 g/mol. The predicted octanol–water partition coefficient (Wildman–Crippen LogP) is 2.86. The van der Waals surface area contributed by atoms with Crippen LogP contribution in [0.15, 0.2) is 22.3 Å². The van der Waals surface area contributed by atoms with Crippen LogP contribution < -0.4 is 0 Å². The normalized spacial score (nSPS) is 8.86. The maximum absolute atomic E-state index is 8.62. The van der Waals surface area contributed by atoms with E-state index in [2.05, 4.69) is 6.07 Å². The number of hydrogen-bond donors (Lipinski definition) is 0. The molecule has 70 valence electrons. The van der Waals surface area contributed by atoms with E-state index in [1.165, 1.54) is 6.26 Å². The molecule has 0 aliphatic carbocycles. The van der Waals surface area contributed by atoms with Crippen LogP contribution in [-0.4, -0.2) is 0 Å². The number of rotatable bonds is 2. The third-order valence-electron chi connectivity index (χ3n) is 1.89. The fraction of sp³-hybridized carbons (Fsp3) is 0.273. The molecule has 0 atom stereocenters. The van der Waals surface area contributed by atoms with Gasteiger partial charge >= 0.3 is 0 Å². The lowest BCUT2D eigenvalue weighted by Gasteiger charge is -2.00. The second kappa shape index (κ2) is 4.30. The molecule has 1 aromatic rings. The summed E-state index contributed by atoms with van der Waals surface area (Å²) in [7, 11) is 0. The molecule has 14 heavy (non-hydrogen) atoms. The summed E-state index contributed by atoms with van der Waals surface area (Å²) in [6, 6.07) is 5.71. The molecule has 1 heterocycles. The molecule has 3 heteroatoms. The number of furan rings is 1. The Morgan fingerprint density at radius 3 is 2.57 bits per heavy atom. The van der Waals surface area contributed by atoms with Crippen molar-refractivity contribution < 1.29 is 4.42 Å². The lowest BCUT2D eigenvalue weighted by atomic mass is 10.1. The zero-order chi connectivity index (χ0) is 10.6. The van der Waals surface area contributed by atoms with E-state index in [0.29, 0.717) is 17.7 Å². The molecule has 0 aromatic carbocycles. The summed E-state index contributed by atoms with van der Waals surface area (Å²) in [4.78, 5) is 0. The molecule has 0 bridgehead atoms. The van der Waals surface area contributed by atoms with Crippen molar-refractivity contribution in [3.63, 3.8) is 0 Å². The largest absolute Gasteiger partial charge is 0.463 e. The topological polar surface area (TPSA) is 60.7 Å². The molecule has 0 saturated heterocycles. The Hall–Kier alpha value is -2.00. The Balaban J connectivity index is 3.10. The molecule has 0 N–H and O–H groups in total. The van der Waals surface area contributed by atoms with E-state index in [0.717, 1.165) is 11.1 Å². The molecule has 0 aliphatic heterocycles. The van der Waals surface area contributed by atoms with Gasteiger partial charge in [0.2, 0.25) is 0 Å². The van der Waals surface area contributed by atoms with E-state index in [1.54, 1.807) is 6.07 Å². The highest BCUT2D eigenvalue weighted by molar-refractivity contribution is 5.66. The van der Waals surface area contributed by atoms with Gasteiger partial charge in [0.1, 0.15) is 18.1 Å². The van der Waals surface area contributed by atoms with Crippen molar-refractivity contribution in [2.75, 3.05) is 0 Å². The Kier molecular flexibility index (Phi) is 3.09. The standard InChI is InChI=1S/C11H10N2O/c1-8(2)10(3-4-12)11-5-9(6-13)7-14-11/h5,7H,3H2,1-2H3. The fourth-order valence-electron chi connectivity index (χ4n) is 1.14. The molecule has 0 radical (unpaired) electrons. The van der Waals surface area contributed by atoms with Gasteiger partial charge in [-0.15, -0.1) is 0 Å². The Labute approximate surface area is 82.9 Å². The van der Waals surface area contributed by atoms with Gasteiger partial charge in [-0.2, -0.15) is 10.5 Å². The number of nitriles is 2. The van der Waals surface area contributed by atoms with Crippen LogP contribution in [0.4, 0.5) is 0 Å². The van der Waals surface area contributed by atoms with Gasteiger partial charge < -0.3 is 4.42 Å². The first-order valence-corrected chi connectivity index (χ1v) is 4.21. The van der Waals surface area contributed by atoms with Crippen molar-refractivity contribution in [1.82, 2.24) is 0 Å². The molecule has 1 aromatic heterocycles. The number of hydrogen-bond acceptors (Lipinski definition) is 3. The minimum absolute atomic E-state index is 0.306. The molecule has 3 nitrogen and oxygen atoms in total. The van der Waals surface area contributed by atoms with Crippen LogP contribution in [0, 0.1) is 22.7 Å². The Bertz CT molecular complexity index is 437. The van der Waals surface area contributed by atoms with Crippen molar-refractivity contribution >= 4 is 5.57 Å². The van der Waals surface area contributed by atoms with Crippen LogP contribution in [0.25, 0.3) is 5.57 Å². The van der Waals surface area contributed by atoms with Crippen LogP contribution in [0.2, 0.25) is 0 Å². The quantitative estimate of drug-likeness (QED) is 0.713. The monoisotopic (exact) mass is 186 g/mol. The minimum atomic E-state index is 0.306. The van der Waals surface area contributed by atoms with E-state index in [-0.39, 0.29) is 0 Å². The summed E-state index contributed by atoms with van der Waals surface area (Å²) in [5.74, 6) is 0.614. The molecule has 0 aliphatic rings. The maximum Gasteiger partial charge on any atom is 0.132 e. The second-order valence-electron chi connectivity index (χ2n) is 3.12. The van der Waals surface area contributed by atoms with Gasteiger partial charge in [-0.3, -0.25) is 0 Å². The van der Waals surface area contributed by atoms with E-state index < -0.39 is 0 Å². The van der Waals surface area contributed by atoms with Crippen molar-refractivity contribution in [3.8, 4) is 12.1 Å². The Morgan fingerprint density at radius 1 is 1.43 bits per heavy atom. The van der Waals surface area contributed by atoms with Crippen LogP contribution in [0.1, 0.15) is 31.6 Å². The van der Waals surface area contributed by atoms with Gasteiger partial charge in [0.05, 0.1) is 18.1 Å². The summed E-state index contributed by atoms with van der Waals surface area (Å²) in [6.45, 7) is 3.84. The first-order valence-electron chi connectivity index (χ1n) is 4.21. The lowest BCUT2D eigenvalue weighted by Crippen LogP contribution is -1.83. The zero-order valence-electron chi connectivity index (χ0n) is 8.16. The highest BCUT2D eigenvalue weighted by Gasteiger charge is 2.08. The summed E-state index contributed by atoms with van der Waals surface area (Å²) in [5, 5.41) is 17.2. The maximum atomic E-state index is 8.62. The Morgan fingerprint density at radius 2 is 2.14 bits per heavy atom. The first kappa shape index (κ1) is 10.1. The lowest BCUT2D eigenvalue weighted by molar-refractivity contribution is 0.550. The average Bonchev–Trinajstić information content (AvgIpc) is 2.61. The van der Waals surface area contributed by atoms with E-state index in [1.807, 2.05) is 19.9 Å². The van der Waals surface area contributed by atoms with Gasteiger partial charge in [-0.1, -0.05) is 5.57 Å².